The number of nitrogens with one attached hydrogen (secondary N) is 2. The molecule has 106 valence electrons. The molecule has 1 aromatic heterocycles. The van der Waals surface area contributed by atoms with E-state index in [0.29, 0.717) is 12.1 Å². The molecule has 1 amide bonds. The fourth-order valence-electron chi connectivity index (χ4n) is 2.26. The maximum atomic E-state index is 12.0. The largest absolute Gasteiger partial charge is 0.506 e. The summed E-state index contributed by atoms with van der Waals surface area (Å²) in [4.78, 5) is 12.0. The number of amides is 1. The molecule has 0 radical (unpaired) electrons. The molecular formula is C16H15N3O2. The van der Waals surface area contributed by atoms with Gasteiger partial charge in [0.05, 0.1) is 12.6 Å². The van der Waals surface area contributed by atoms with Crippen molar-refractivity contribution >= 4 is 16.8 Å². The number of aromatic nitrogens is 2. The molecular weight excluding hydrogens is 266 g/mol. The van der Waals surface area contributed by atoms with Crippen LogP contribution >= 0.6 is 0 Å². The Balaban J connectivity index is 1.69. The number of rotatable bonds is 4. The first-order valence-corrected chi connectivity index (χ1v) is 6.68. The van der Waals surface area contributed by atoms with E-state index in [2.05, 4.69) is 15.5 Å². The molecule has 21 heavy (non-hydrogen) atoms. The van der Waals surface area contributed by atoms with Crippen LogP contribution in [-0.4, -0.2) is 21.2 Å². The van der Waals surface area contributed by atoms with Crippen molar-refractivity contribution in [1.29, 1.82) is 0 Å². The zero-order valence-corrected chi connectivity index (χ0v) is 11.3. The quantitative estimate of drug-likeness (QED) is 0.685. The topological polar surface area (TPSA) is 78.0 Å². The summed E-state index contributed by atoms with van der Waals surface area (Å²) in [5.41, 5.74) is 2.45. The highest BCUT2D eigenvalue weighted by molar-refractivity contribution is 5.90. The predicted molar refractivity (Wildman–Crippen MR) is 79.8 cm³/mol. The van der Waals surface area contributed by atoms with Crippen LogP contribution in [0.4, 0.5) is 0 Å². The third-order valence-electron chi connectivity index (χ3n) is 3.37. The van der Waals surface area contributed by atoms with Crippen molar-refractivity contribution in [3.63, 3.8) is 0 Å². The van der Waals surface area contributed by atoms with Gasteiger partial charge >= 0.3 is 0 Å². The van der Waals surface area contributed by atoms with Gasteiger partial charge in [0.2, 0.25) is 5.91 Å². The second-order valence-corrected chi connectivity index (χ2v) is 4.84. The molecule has 0 aliphatic carbocycles. The van der Waals surface area contributed by atoms with Gasteiger partial charge in [0.15, 0.2) is 0 Å². The first-order valence-electron chi connectivity index (χ1n) is 6.68. The summed E-state index contributed by atoms with van der Waals surface area (Å²) in [5, 5.41) is 20.0. The molecule has 0 atom stereocenters. The number of fused-ring (bicyclic) bond motifs is 1. The van der Waals surface area contributed by atoms with Crippen LogP contribution in [0.3, 0.4) is 0 Å². The Kier molecular flexibility index (Phi) is 3.55. The van der Waals surface area contributed by atoms with Crippen LogP contribution in [0, 0.1) is 0 Å². The normalized spacial score (nSPS) is 10.7. The Morgan fingerprint density at radius 3 is 2.81 bits per heavy atom. The number of nitrogens with zero attached hydrogens (tertiary/aromatic N) is 1. The number of hydrogen-bond acceptors (Lipinski definition) is 3. The molecule has 0 unspecified atom stereocenters. The van der Waals surface area contributed by atoms with E-state index in [1.165, 1.54) is 0 Å². The van der Waals surface area contributed by atoms with Crippen molar-refractivity contribution in [1.82, 2.24) is 15.5 Å². The molecule has 2 aromatic carbocycles. The number of carbonyl (C=O) groups excluding carboxylic acids is 1. The van der Waals surface area contributed by atoms with Crippen LogP contribution in [-0.2, 0) is 17.8 Å². The van der Waals surface area contributed by atoms with Crippen LogP contribution in [0.25, 0.3) is 10.9 Å². The number of aromatic amines is 1. The number of carbonyl (C=O) groups is 1. The third kappa shape index (κ3) is 2.86. The highest BCUT2D eigenvalue weighted by Gasteiger charge is 2.10. The smallest absolute Gasteiger partial charge is 0.224 e. The summed E-state index contributed by atoms with van der Waals surface area (Å²) in [6, 6.07) is 13.1. The van der Waals surface area contributed by atoms with Gasteiger partial charge in [0, 0.05) is 11.9 Å². The summed E-state index contributed by atoms with van der Waals surface area (Å²) in [6.45, 7) is 0.506. The molecule has 0 bridgehead atoms. The van der Waals surface area contributed by atoms with Crippen molar-refractivity contribution in [2.45, 2.75) is 13.0 Å². The highest BCUT2D eigenvalue weighted by Crippen LogP contribution is 2.25. The van der Waals surface area contributed by atoms with E-state index < -0.39 is 0 Å². The SMILES string of the molecule is O=C(Cc1ccc(O)c2[nH]ncc12)NCc1ccccc1. The number of H-pyrrole nitrogens is 1. The second kappa shape index (κ2) is 5.66. The fraction of sp³-hybridized carbons (Fsp3) is 0.125. The summed E-state index contributed by atoms with van der Waals surface area (Å²) in [6.07, 6.45) is 1.87. The van der Waals surface area contributed by atoms with Crippen LogP contribution in [0.15, 0.2) is 48.7 Å². The highest BCUT2D eigenvalue weighted by atomic mass is 16.3. The molecule has 0 aliphatic rings. The Morgan fingerprint density at radius 1 is 1.19 bits per heavy atom. The van der Waals surface area contributed by atoms with Gasteiger partial charge < -0.3 is 10.4 Å². The van der Waals surface area contributed by atoms with Crippen LogP contribution in [0.2, 0.25) is 0 Å². The third-order valence-corrected chi connectivity index (χ3v) is 3.37. The van der Waals surface area contributed by atoms with E-state index in [1.807, 2.05) is 30.3 Å². The first-order chi connectivity index (χ1) is 10.2. The van der Waals surface area contributed by atoms with E-state index in [0.717, 1.165) is 16.5 Å². The molecule has 0 saturated heterocycles. The number of phenolic OH excluding ortho intramolecular Hbond substituents is 1. The van der Waals surface area contributed by atoms with Gasteiger partial charge in [-0.1, -0.05) is 36.4 Å². The second-order valence-electron chi connectivity index (χ2n) is 4.84. The summed E-state index contributed by atoms with van der Waals surface area (Å²) in [7, 11) is 0. The number of aromatic hydroxyl groups is 1. The number of phenols is 1. The molecule has 3 rings (SSSR count). The summed E-state index contributed by atoms with van der Waals surface area (Å²) in [5.74, 6) is 0.0722. The van der Waals surface area contributed by atoms with Crippen molar-refractivity contribution in [3.05, 3.63) is 59.8 Å². The van der Waals surface area contributed by atoms with Crippen molar-refractivity contribution < 1.29 is 9.90 Å². The van der Waals surface area contributed by atoms with Crippen LogP contribution < -0.4 is 5.32 Å². The van der Waals surface area contributed by atoms with Crippen molar-refractivity contribution in [2.24, 2.45) is 0 Å². The van der Waals surface area contributed by atoms with Gasteiger partial charge in [-0.15, -0.1) is 0 Å². The van der Waals surface area contributed by atoms with E-state index in [4.69, 9.17) is 0 Å². The zero-order valence-electron chi connectivity index (χ0n) is 11.3. The minimum Gasteiger partial charge on any atom is -0.506 e. The lowest BCUT2D eigenvalue weighted by Crippen LogP contribution is -2.24. The van der Waals surface area contributed by atoms with Gasteiger partial charge in [0.25, 0.3) is 0 Å². The molecule has 3 N–H and O–H groups in total. The zero-order chi connectivity index (χ0) is 14.7. The maximum Gasteiger partial charge on any atom is 0.224 e. The Labute approximate surface area is 121 Å². The Morgan fingerprint density at radius 2 is 2.00 bits per heavy atom. The lowest BCUT2D eigenvalue weighted by molar-refractivity contribution is -0.120. The molecule has 3 aromatic rings. The van der Waals surface area contributed by atoms with Crippen molar-refractivity contribution in [2.75, 3.05) is 0 Å². The van der Waals surface area contributed by atoms with Gasteiger partial charge in [-0.2, -0.15) is 5.10 Å². The molecule has 5 nitrogen and oxygen atoms in total. The predicted octanol–water partition coefficient (Wildman–Crippen LogP) is 2.13. The summed E-state index contributed by atoms with van der Waals surface area (Å²) >= 11 is 0. The van der Waals surface area contributed by atoms with Gasteiger partial charge in [0.1, 0.15) is 11.3 Å². The Bertz CT molecular complexity index is 766. The fourth-order valence-corrected chi connectivity index (χ4v) is 2.26. The molecule has 0 aliphatic heterocycles. The van der Waals surface area contributed by atoms with Gasteiger partial charge in [-0.3, -0.25) is 9.89 Å². The lowest BCUT2D eigenvalue weighted by atomic mass is 10.1. The maximum absolute atomic E-state index is 12.0. The molecule has 1 heterocycles. The monoisotopic (exact) mass is 281 g/mol. The van der Waals surface area contributed by atoms with Gasteiger partial charge in [-0.05, 0) is 17.2 Å². The minimum absolute atomic E-state index is 0.0629. The molecule has 0 saturated carbocycles. The minimum atomic E-state index is -0.0629. The summed E-state index contributed by atoms with van der Waals surface area (Å²) < 4.78 is 0. The average molecular weight is 281 g/mol. The van der Waals surface area contributed by atoms with E-state index in [9.17, 15) is 9.90 Å². The number of benzene rings is 2. The van der Waals surface area contributed by atoms with Gasteiger partial charge in [-0.25, -0.2) is 0 Å². The van der Waals surface area contributed by atoms with Crippen molar-refractivity contribution in [3.8, 4) is 5.75 Å². The standard InChI is InChI=1S/C16H15N3O2/c20-14-7-6-12(13-10-18-19-16(13)14)8-15(21)17-9-11-4-2-1-3-5-11/h1-7,10,20H,8-9H2,(H,17,21)(H,18,19). The van der Waals surface area contributed by atoms with E-state index in [-0.39, 0.29) is 18.1 Å². The van der Waals surface area contributed by atoms with Crippen LogP contribution in [0.1, 0.15) is 11.1 Å². The first kappa shape index (κ1) is 13.2. The van der Waals surface area contributed by atoms with E-state index in [1.54, 1.807) is 18.3 Å². The molecule has 5 heteroatoms. The lowest BCUT2D eigenvalue weighted by Gasteiger charge is -2.07. The van der Waals surface area contributed by atoms with Crippen LogP contribution in [0.5, 0.6) is 5.75 Å². The molecule has 0 spiro atoms. The molecule has 0 fully saturated rings. The number of hydrogen-bond donors (Lipinski definition) is 3. The van der Waals surface area contributed by atoms with E-state index >= 15 is 0 Å². The Hall–Kier alpha value is -2.82. The average Bonchev–Trinajstić information content (AvgIpc) is 3.00.